The second kappa shape index (κ2) is 6.98. The number of likely N-dealkylation sites (tertiary alicyclic amines) is 1. The van der Waals surface area contributed by atoms with Crippen molar-refractivity contribution in [1.29, 1.82) is 0 Å². The largest absolute Gasteiger partial charge is 0.375 e. The Morgan fingerprint density at radius 3 is 2.71 bits per heavy atom. The van der Waals surface area contributed by atoms with E-state index >= 15 is 0 Å². The van der Waals surface area contributed by atoms with Crippen LogP contribution in [-0.4, -0.2) is 59.8 Å². The number of carbonyl (C=O) groups excluding carboxylic acids is 2. The fourth-order valence-corrected chi connectivity index (χ4v) is 2.22. The lowest BCUT2D eigenvalue weighted by Crippen LogP contribution is -2.47. The molecular weight excluding hydrogens is 276 g/mol. The number of methoxy groups -OCH3 is 1. The molecule has 0 spiro atoms. The number of rotatable bonds is 4. The minimum Gasteiger partial charge on any atom is -0.375 e. The average Bonchev–Trinajstić information content (AvgIpc) is 2.49. The van der Waals surface area contributed by atoms with Crippen LogP contribution in [0.1, 0.15) is 23.3 Å². The molecule has 0 aromatic carbocycles. The Morgan fingerprint density at radius 2 is 2.14 bits per heavy atom. The lowest BCUT2D eigenvalue weighted by molar-refractivity contribution is -0.136. The Kier molecular flexibility index (Phi) is 5.04. The molecular formula is C13H18N4O4. The van der Waals surface area contributed by atoms with Gasteiger partial charge < -0.3 is 15.0 Å². The summed E-state index contributed by atoms with van der Waals surface area (Å²) in [5, 5.41) is 8.75. The number of H-pyrrole nitrogens is 1. The van der Waals surface area contributed by atoms with Crippen LogP contribution in [0.5, 0.6) is 0 Å². The van der Waals surface area contributed by atoms with Gasteiger partial charge in [0.05, 0.1) is 0 Å². The lowest BCUT2D eigenvalue weighted by atomic mass is 10.0. The third-order valence-corrected chi connectivity index (χ3v) is 3.36. The maximum Gasteiger partial charge on any atom is 0.271 e. The van der Waals surface area contributed by atoms with E-state index in [1.807, 2.05) is 0 Å². The number of carbonyl (C=O) groups is 2. The number of nitrogens with zero attached hydrogens (tertiary/aromatic N) is 2. The van der Waals surface area contributed by atoms with Crippen LogP contribution in [0, 0.1) is 0 Å². The number of hydrogen-bond acceptors (Lipinski definition) is 5. The zero-order valence-electron chi connectivity index (χ0n) is 11.8. The summed E-state index contributed by atoms with van der Waals surface area (Å²) >= 11 is 0. The average molecular weight is 294 g/mol. The molecule has 0 aliphatic carbocycles. The summed E-state index contributed by atoms with van der Waals surface area (Å²) in [5.74, 6) is -0.363. The molecule has 1 aliphatic heterocycles. The maximum atomic E-state index is 11.9. The van der Waals surface area contributed by atoms with Gasteiger partial charge in [-0.1, -0.05) is 0 Å². The van der Waals surface area contributed by atoms with Crippen LogP contribution in [0.25, 0.3) is 0 Å². The number of ether oxygens (including phenoxy) is 1. The van der Waals surface area contributed by atoms with Crippen LogP contribution in [0.3, 0.4) is 0 Å². The lowest BCUT2D eigenvalue weighted by Gasteiger charge is -2.32. The van der Waals surface area contributed by atoms with Crippen LogP contribution in [0.15, 0.2) is 16.9 Å². The summed E-state index contributed by atoms with van der Waals surface area (Å²) in [6.07, 6.45) is 1.37. The molecule has 114 valence electrons. The number of piperidine rings is 1. The SMILES string of the molecule is COCC(=O)N1CCC(NC(=O)c2ccc(=O)[nH]n2)CC1. The van der Waals surface area contributed by atoms with Crippen LogP contribution in [0.2, 0.25) is 0 Å². The van der Waals surface area contributed by atoms with E-state index in [1.165, 1.54) is 19.2 Å². The van der Waals surface area contributed by atoms with E-state index in [-0.39, 0.29) is 35.7 Å². The molecule has 0 unspecified atom stereocenters. The highest BCUT2D eigenvalue weighted by molar-refractivity contribution is 5.92. The van der Waals surface area contributed by atoms with Gasteiger partial charge >= 0.3 is 0 Å². The van der Waals surface area contributed by atoms with Crippen molar-refractivity contribution in [3.8, 4) is 0 Å². The number of hydrogen-bond donors (Lipinski definition) is 2. The number of amides is 2. The molecule has 1 fully saturated rings. The standard InChI is InChI=1S/C13H18N4O4/c1-21-8-12(19)17-6-4-9(5-7-17)14-13(20)10-2-3-11(18)16-15-10/h2-3,9H,4-8H2,1H3,(H,14,20)(H,16,18). The van der Waals surface area contributed by atoms with E-state index in [0.717, 1.165) is 0 Å². The van der Waals surface area contributed by atoms with E-state index in [1.54, 1.807) is 4.90 Å². The molecule has 1 aliphatic rings. The smallest absolute Gasteiger partial charge is 0.271 e. The van der Waals surface area contributed by atoms with Gasteiger partial charge in [-0.2, -0.15) is 5.10 Å². The van der Waals surface area contributed by atoms with Crippen molar-refractivity contribution in [1.82, 2.24) is 20.4 Å². The molecule has 21 heavy (non-hydrogen) atoms. The molecule has 8 nitrogen and oxygen atoms in total. The summed E-state index contributed by atoms with van der Waals surface area (Å²) in [4.78, 5) is 36.2. The van der Waals surface area contributed by atoms with Crippen molar-refractivity contribution in [2.24, 2.45) is 0 Å². The fourth-order valence-electron chi connectivity index (χ4n) is 2.22. The Bertz CT molecular complexity index is 543. The molecule has 0 bridgehead atoms. The first-order chi connectivity index (χ1) is 10.1. The number of aromatic nitrogens is 2. The van der Waals surface area contributed by atoms with Gasteiger partial charge in [-0.25, -0.2) is 5.10 Å². The number of aromatic amines is 1. The first-order valence-corrected chi connectivity index (χ1v) is 6.73. The first-order valence-electron chi connectivity index (χ1n) is 6.73. The molecule has 0 radical (unpaired) electrons. The van der Waals surface area contributed by atoms with Crippen molar-refractivity contribution < 1.29 is 14.3 Å². The summed E-state index contributed by atoms with van der Waals surface area (Å²) in [7, 11) is 1.49. The number of nitrogens with one attached hydrogen (secondary N) is 2. The van der Waals surface area contributed by atoms with Crippen LogP contribution >= 0.6 is 0 Å². The summed E-state index contributed by atoms with van der Waals surface area (Å²) in [5.41, 5.74) is -0.177. The normalized spacial score (nSPS) is 15.8. The van der Waals surface area contributed by atoms with Crippen molar-refractivity contribution in [3.63, 3.8) is 0 Å². The Balaban J connectivity index is 1.83. The summed E-state index contributed by atoms with van der Waals surface area (Å²) in [6.45, 7) is 1.26. The molecule has 2 amide bonds. The van der Waals surface area contributed by atoms with Gasteiger partial charge in [0, 0.05) is 32.3 Å². The molecule has 2 rings (SSSR count). The minimum absolute atomic E-state index is 0.00202. The van der Waals surface area contributed by atoms with Gasteiger partial charge in [0.1, 0.15) is 12.3 Å². The highest BCUT2D eigenvalue weighted by Crippen LogP contribution is 2.11. The van der Waals surface area contributed by atoms with Gasteiger partial charge in [0.25, 0.3) is 11.5 Å². The van der Waals surface area contributed by atoms with Crippen LogP contribution < -0.4 is 10.9 Å². The van der Waals surface area contributed by atoms with E-state index in [0.29, 0.717) is 25.9 Å². The second-order valence-corrected chi connectivity index (χ2v) is 4.87. The molecule has 1 aromatic heterocycles. The van der Waals surface area contributed by atoms with Crippen LogP contribution in [-0.2, 0) is 9.53 Å². The van der Waals surface area contributed by atoms with E-state index in [2.05, 4.69) is 15.5 Å². The van der Waals surface area contributed by atoms with Gasteiger partial charge in [-0.15, -0.1) is 0 Å². The van der Waals surface area contributed by atoms with Crippen molar-refractivity contribution in [3.05, 3.63) is 28.2 Å². The summed E-state index contributed by atoms with van der Waals surface area (Å²) in [6, 6.07) is 2.64. The van der Waals surface area contributed by atoms with Gasteiger partial charge in [0.15, 0.2) is 0 Å². The maximum absolute atomic E-state index is 11.9. The Labute approximate surface area is 121 Å². The van der Waals surface area contributed by atoms with Crippen molar-refractivity contribution in [2.45, 2.75) is 18.9 Å². The molecule has 1 saturated heterocycles. The van der Waals surface area contributed by atoms with Gasteiger partial charge in [-0.05, 0) is 18.9 Å². The quantitative estimate of drug-likeness (QED) is 0.751. The first kappa shape index (κ1) is 15.2. The van der Waals surface area contributed by atoms with Crippen LogP contribution in [0.4, 0.5) is 0 Å². The third-order valence-electron chi connectivity index (χ3n) is 3.36. The highest BCUT2D eigenvalue weighted by Gasteiger charge is 2.24. The second-order valence-electron chi connectivity index (χ2n) is 4.87. The molecule has 2 N–H and O–H groups in total. The molecule has 0 saturated carbocycles. The monoisotopic (exact) mass is 294 g/mol. The fraction of sp³-hybridized carbons (Fsp3) is 0.538. The van der Waals surface area contributed by atoms with E-state index in [4.69, 9.17) is 4.74 Å². The molecule has 1 aromatic rings. The van der Waals surface area contributed by atoms with Crippen molar-refractivity contribution >= 4 is 11.8 Å². The summed E-state index contributed by atoms with van der Waals surface area (Å²) < 4.78 is 4.82. The van der Waals surface area contributed by atoms with Gasteiger partial charge in [0.2, 0.25) is 5.91 Å². The predicted molar refractivity (Wildman–Crippen MR) is 73.8 cm³/mol. The van der Waals surface area contributed by atoms with Gasteiger partial charge in [-0.3, -0.25) is 14.4 Å². The van der Waals surface area contributed by atoms with Crippen molar-refractivity contribution in [2.75, 3.05) is 26.8 Å². The Hall–Kier alpha value is -2.22. The zero-order chi connectivity index (χ0) is 15.2. The van der Waals surface area contributed by atoms with E-state index in [9.17, 15) is 14.4 Å². The zero-order valence-corrected chi connectivity index (χ0v) is 11.8. The predicted octanol–water partition coefficient (Wildman–Crippen LogP) is -0.863. The van der Waals surface area contributed by atoms with E-state index < -0.39 is 0 Å². The topological polar surface area (TPSA) is 104 Å². The minimum atomic E-state index is -0.350. The molecule has 0 atom stereocenters. The third kappa shape index (κ3) is 4.12. The molecule has 8 heteroatoms. The highest BCUT2D eigenvalue weighted by atomic mass is 16.5. The molecule has 2 heterocycles. The Morgan fingerprint density at radius 1 is 1.43 bits per heavy atom.